The number of anilines is 1. The van der Waals surface area contributed by atoms with Crippen LogP contribution in [0.1, 0.15) is 18.9 Å². The molecular formula is C18H13Cl2N5O5. The number of hydrazone groups is 1. The fourth-order valence-electron chi connectivity index (χ4n) is 2.40. The third kappa shape index (κ3) is 5.08. The van der Waals surface area contributed by atoms with Gasteiger partial charge in [-0.25, -0.2) is 9.59 Å². The van der Waals surface area contributed by atoms with Crippen molar-refractivity contribution >= 4 is 46.7 Å². The van der Waals surface area contributed by atoms with E-state index in [1.165, 1.54) is 30.3 Å². The summed E-state index contributed by atoms with van der Waals surface area (Å²) in [5, 5.41) is 12.7. The van der Waals surface area contributed by atoms with Gasteiger partial charge in [-0.2, -0.15) is 10.4 Å². The number of nitrogens with two attached hydrogens (primary N) is 1. The van der Waals surface area contributed by atoms with Gasteiger partial charge in [0.25, 0.3) is 5.56 Å². The van der Waals surface area contributed by atoms with Crippen LogP contribution < -0.4 is 21.5 Å². The predicted molar refractivity (Wildman–Crippen MR) is 108 cm³/mol. The number of carbonyl (C=O) groups is 2. The molecule has 1 aliphatic rings. The van der Waals surface area contributed by atoms with Gasteiger partial charge in [-0.05, 0) is 31.0 Å². The van der Waals surface area contributed by atoms with Crippen LogP contribution in [0.4, 0.5) is 10.5 Å². The molecule has 1 aliphatic carbocycles. The lowest BCUT2D eigenvalue weighted by atomic mass is 10.3. The van der Waals surface area contributed by atoms with E-state index in [1.54, 1.807) is 10.8 Å². The van der Waals surface area contributed by atoms with Crippen LogP contribution in [0.5, 0.6) is 11.5 Å². The van der Waals surface area contributed by atoms with Crippen LogP contribution in [-0.2, 0) is 9.53 Å². The summed E-state index contributed by atoms with van der Waals surface area (Å²) in [7, 11) is 0. The number of halogens is 2. The zero-order valence-electron chi connectivity index (χ0n) is 15.1. The van der Waals surface area contributed by atoms with Crippen LogP contribution in [0.25, 0.3) is 0 Å². The van der Waals surface area contributed by atoms with Crippen molar-refractivity contribution < 1.29 is 19.1 Å². The summed E-state index contributed by atoms with van der Waals surface area (Å²) in [4.78, 5) is 34.0. The van der Waals surface area contributed by atoms with E-state index in [1.807, 2.05) is 0 Å². The van der Waals surface area contributed by atoms with Crippen LogP contribution in [0, 0.1) is 11.3 Å². The van der Waals surface area contributed by atoms with Crippen LogP contribution in [0.15, 0.2) is 40.4 Å². The van der Waals surface area contributed by atoms with E-state index < -0.39 is 17.8 Å². The Labute approximate surface area is 179 Å². The first kappa shape index (κ1) is 21.2. The molecule has 0 atom stereocenters. The minimum absolute atomic E-state index is 0.0996. The molecule has 30 heavy (non-hydrogen) atoms. The number of nitriles is 1. The van der Waals surface area contributed by atoms with Gasteiger partial charge in [0.15, 0.2) is 5.75 Å². The Morgan fingerprint density at radius 1 is 1.27 bits per heavy atom. The van der Waals surface area contributed by atoms with E-state index in [0.29, 0.717) is 5.75 Å². The third-order valence-corrected chi connectivity index (χ3v) is 4.42. The molecule has 0 saturated heterocycles. The maximum absolute atomic E-state index is 11.9. The van der Waals surface area contributed by atoms with Gasteiger partial charge < -0.3 is 19.8 Å². The summed E-state index contributed by atoms with van der Waals surface area (Å²) in [6.45, 7) is 0. The van der Waals surface area contributed by atoms with Gasteiger partial charge in [0.2, 0.25) is 5.71 Å². The monoisotopic (exact) mass is 449 g/mol. The SMILES string of the molecule is N#C/C(=N\Nc1cc(Cl)c(Oc2ccc(=O)n(C3CC3)c2)c(Cl)c1)C(=O)OC(N)=O. The van der Waals surface area contributed by atoms with Crippen LogP contribution in [-0.4, -0.2) is 22.3 Å². The Morgan fingerprint density at radius 3 is 2.50 bits per heavy atom. The molecule has 154 valence electrons. The van der Waals surface area contributed by atoms with Gasteiger partial charge in [-0.1, -0.05) is 23.2 Å². The lowest BCUT2D eigenvalue weighted by molar-refractivity contribution is -0.129. The zero-order valence-corrected chi connectivity index (χ0v) is 16.6. The highest BCUT2D eigenvalue weighted by molar-refractivity contribution is 6.44. The number of aromatic nitrogens is 1. The Bertz CT molecular complexity index is 1130. The van der Waals surface area contributed by atoms with Crippen LogP contribution in [0.2, 0.25) is 10.0 Å². The van der Waals surface area contributed by atoms with Crippen molar-refractivity contribution in [1.29, 1.82) is 5.26 Å². The number of nitrogens with zero attached hydrogens (tertiary/aromatic N) is 3. The maximum Gasteiger partial charge on any atom is 0.412 e. The molecule has 0 bridgehead atoms. The quantitative estimate of drug-likeness (QED) is 0.297. The molecule has 1 amide bonds. The normalized spacial score (nSPS) is 13.3. The Kier molecular flexibility index (Phi) is 6.25. The number of carbonyl (C=O) groups excluding carboxylic acids is 2. The summed E-state index contributed by atoms with van der Waals surface area (Å²) >= 11 is 12.5. The highest BCUT2D eigenvalue weighted by Crippen LogP contribution is 2.39. The van der Waals surface area contributed by atoms with Crippen molar-refractivity contribution in [3.05, 3.63) is 50.9 Å². The number of esters is 1. The second-order valence-corrected chi connectivity index (χ2v) is 6.92. The number of hydrogen-bond donors (Lipinski definition) is 2. The third-order valence-electron chi connectivity index (χ3n) is 3.86. The second-order valence-electron chi connectivity index (χ2n) is 6.11. The van der Waals surface area contributed by atoms with Gasteiger partial charge >= 0.3 is 12.1 Å². The number of nitrogens with one attached hydrogen (secondary N) is 1. The molecule has 3 rings (SSSR count). The van der Waals surface area contributed by atoms with Gasteiger partial charge in [0, 0.05) is 12.1 Å². The minimum Gasteiger partial charge on any atom is -0.453 e. The van der Waals surface area contributed by atoms with Crippen molar-refractivity contribution in [2.45, 2.75) is 18.9 Å². The van der Waals surface area contributed by atoms with E-state index in [2.05, 4.69) is 15.3 Å². The average molecular weight is 450 g/mol. The molecule has 2 aromatic rings. The Hall–Kier alpha value is -3.55. The summed E-state index contributed by atoms with van der Waals surface area (Å²) in [5.74, 6) is -0.798. The van der Waals surface area contributed by atoms with Crippen molar-refractivity contribution in [2.75, 3.05) is 5.43 Å². The van der Waals surface area contributed by atoms with E-state index in [4.69, 9.17) is 38.9 Å². The molecule has 10 nitrogen and oxygen atoms in total. The second kappa shape index (κ2) is 8.86. The lowest BCUT2D eigenvalue weighted by Crippen LogP contribution is -2.24. The molecule has 3 N–H and O–H groups in total. The standard InChI is InChI=1S/C18H13Cl2N5O5/c19-12-5-9(23-24-14(7-21)17(27)30-18(22)28)6-13(20)16(12)29-11-3-4-15(26)25(8-11)10-1-2-10/h3-6,8,10,23H,1-2H2,(H2,22,28)/b24-14+. The fourth-order valence-corrected chi connectivity index (χ4v) is 2.96. The van der Waals surface area contributed by atoms with Gasteiger partial charge in [-0.15, -0.1) is 0 Å². The molecule has 1 aromatic carbocycles. The largest absolute Gasteiger partial charge is 0.453 e. The first-order valence-corrected chi connectivity index (χ1v) is 9.18. The first-order chi connectivity index (χ1) is 14.3. The fraction of sp³-hybridized carbons (Fsp3) is 0.167. The van der Waals surface area contributed by atoms with Gasteiger partial charge in [-0.3, -0.25) is 10.2 Å². The van der Waals surface area contributed by atoms with Crippen molar-refractivity contribution in [2.24, 2.45) is 10.8 Å². The van der Waals surface area contributed by atoms with E-state index in [0.717, 1.165) is 12.8 Å². The van der Waals surface area contributed by atoms with Crippen molar-refractivity contribution in [3.8, 4) is 17.6 Å². The van der Waals surface area contributed by atoms with Crippen LogP contribution in [0.3, 0.4) is 0 Å². The number of rotatable bonds is 6. The molecule has 0 spiro atoms. The summed E-state index contributed by atoms with van der Waals surface area (Å²) < 4.78 is 11.4. The highest BCUT2D eigenvalue weighted by Gasteiger charge is 2.24. The molecule has 0 unspecified atom stereocenters. The molecule has 12 heteroatoms. The Morgan fingerprint density at radius 2 is 1.93 bits per heavy atom. The molecule has 0 radical (unpaired) electrons. The van der Waals surface area contributed by atoms with E-state index in [-0.39, 0.29) is 33.1 Å². The summed E-state index contributed by atoms with van der Waals surface area (Å²) in [6, 6.07) is 7.31. The molecule has 1 fully saturated rings. The molecule has 1 aromatic heterocycles. The van der Waals surface area contributed by atoms with E-state index in [9.17, 15) is 14.4 Å². The number of ether oxygens (including phenoxy) is 2. The number of pyridine rings is 1. The van der Waals surface area contributed by atoms with Crippen LogP contribution >= 0.6 is 23.2 Å². The molecule has 0 aliphatic heterocycles. The number of benzene rings is 1. The average Bonchev–Trinajstić information content (AvgIpc) is 3.51. The summed E-state index contributed by atoms with van der Waals surface area (Å²) in [5.41, 5.74) is 6.47. The predicted octanol–water partition coefficient (Wildman–Crippen LogP) is 3.20. The zero-order chi connectivity index (χ0) is 21.8. The molecule has 1 saturated carbocycles. The van der Waals surface area contributed by atoms with Crippen molar-refractivity contribution in [3.63, 3.8) is 0 Å². The number of amides is 1. The van der Waals surface area contributed by atoms with Gasteiger partial charge in [0.05, 0.1) is 21.9 Å². The molecule has 1 heterocycles. The highest BCUT2D eigenvalue weighted by atomic mass is 35.5. The van der Waals surface area contributed by atoms with Gasteiger partial charge in [0.1, 0.15) is 11.8 Å². The number of primary amides is 1. The summed E-state index contributed by atoms with van der Waals surface area (Å²) in [6.07, 6.45) is 2.09. The van der Waals surface area contributed by atoms with Crippen molar-refractivity contribution in [1.82, 2.24) is 4.57 Å². The Balaban J connectivity index is 1.79. The van der Waals surface area contributed by atoms with E-state index >= 15 is 0 Å². The topological polar surface area (TPSA) is 149 Å². The maximum atomic E-state index is 11.9. The smallest absolute Gasteiger partial charge is 0.412 e. The first-order valence-electron chi connectivity index (χ1n) is 8.43. The molecular weight excluding hydrogens is 437 g/mol. The minimum atomic E-state index is -1.37. The number of hydrogen-bond acceptors (Lipinski definition) is 8. The lowest BCUT2D eigenvalue weighted by Gasteiger charge is -2.13.